The molecule has 110 valence electrons. The van der Waals surface area contributed by atoms with Crippen LogP contribution in [0.1, 0.15) is 40.0 Å². The second-order valence-corrected chi connectivity index (χ2v) is 5.99. The summed E-state index contributed by atoms with van der Waals surface area (Å²) in [7, 11) is 1.82. The zero-order valence-corrected chi connectivity index (χ0v) is 12.4. The number of piperidine rings is 1. The Morgan fingerprint density at radius 1 is 1.42 bits per heavy atom. The molecule has 2 unspecified atom stereocenters. The van der Waals surface area contributed by atoms with Crippen molar-refractivity contribution in [2.45, 2.75) is 46.1 Å². The third-order valence-corrected chi connectivity index (χ3v) is 3.84. The standard InChI is InChI=1S/C14H26N2O3/c1-10(2)5-7-15(4)14(19)16-8-6-12(13(17)18)9-11(16)3/h10-12H,5-9H2,1-4H3,(H,17,18). The lowest BCUT2D eigenvalue weighted by Gasteiger charge is -2.38. The molecule has 19 heavy (non-hydrogen) atoms. The van der Waals surface area contributed by atoms with Gasteiger partial charge in [-0.15, -0.1) is 0 Å². The first kappa shape index (κ1) is 15.8. The Balaban J connectivity index is 2.51. The number of carbonyl (C=O) groups is 2. The summed E-state index contributed by atoms with van der Waals surface area (Å²) < 4.78 is 0. The molecule has 1 saturated heterocycles. The fourth-order valence-corrected chi connectivity index (χ4v) is 2.45. The van der Waals surface area contributed by atoms with Gasteiger partial charge in [-0.3, -0.25) is 4.79 Å². The van der Waals surface area contributed by atoms with Crippen molar-refractivity contribution in [3.63, 3.8) is 0 Å². The molecule has 0 aromatic carbocycles. The molecule has 1 aliphatic heterocycles. The molecule has 0 radical (unpaired) electrons. The lowest BCUT2D eigenvalue weighted by atomic mass is 9.92. The molecular formula is C14H26N2O3. The summed E-state index contributed by atoms with van der Waals surface area (Å²) >= 11 is 0. The van der Waals surface area contributed by atoms with E-state index in [2.05, 4.69) is 13.8 Å². The number of hydrogen-bond acceptors (Lipinski definition) is 2. The normalized spacial score (nSPS) is 23.5. The number of nitrogens with zero attached hydrogens (tertiary/aromatic N) is 2. The Bertz CT molecular complexity index is 331. The number of carbonyl (C=O) groups excluding carboxylic acids is 1. The SMILES string of the molecule is CC(C)CCN(C)C(=O)N1CCC(C(=O)O)CC1C. The van der Waals surface area contributed by atoms with E-state index < -0.39 is 5.97 Å². The highest BCUT2D eigenvalue weighted by Gasteiger charge is 2.33. The van der Waals surface area contributed by atoms with Gasteiger partial charge in [0.2, 0.25) is 0 Å². The highest BCUT2D eigenvalue weighted by Crippen LogP contribution is 2.24. The summed E-state index contributed by atoms with van der Waals surface area (Å²) in [6, 6.07) is 0.0286. The summed E-state index contributed by atoms with van der Waals surface area (Å²) in [5.74, 6) is -0.474. The van der Waals surface area contributed by atoms with Crippen LogP contribution in [0.5, 0.6) is 0 Å². The van der Waals surface area contributed by atoms with Gasteiger partial charge in [0.1, 0.15) is 0 Å². The minimum absolute atomic E-state index is 0.00356. The van der Waals surface area contributed by atoms with E-state index in [0.717, 1.165) is 13.0 Å². The molecule has 2 amide bonds. The maximum Gasteiger partial charge on any atom is 0.319 e. The summed E-state index contributed by atoms with van der Waals surface area (Å²) in [6.07, 6.45) is 2.10. The molecule has 0 aromatic rings. The highest BCUT2D eigenvalue weighted by molar-refractivity contribution is 5.75. The van der Waals surface area contributed by atoms with Crippen molar-refractivity contribution in [2.24, 2.45) is 11.8 Å². The molecule has 2 atom stereocenters. The molecule has 1 rings (SSSR count). The molecule has 0 aliphatic carbocycles. The van der Waals surface area contributed by atoms with E-state index in [1.54, 1.807) is 9.80 Å². The Labute approximate surface area is 115 Å². The Hall–Kier alpha value is -1.26. The molecule has 0 spiro atoms. The van der Waals surface area contributed by atoms with Crippen LogP contribution >= 0.6 is 0 Å². The second kappa shape index (κ2) is 6.78. The molecule has 1 aliphatic rings. The lowest BCUT2D eigenvalue weighted by Crippen LogP contribution is -2.50. The van der Waals surface area contributed by atoms with Crippen LogP contribution in [0.3, 0.4) is 0 Å². The van der Waals surface area contributed by atoms with Crippen molar-refractivity contribution in [2.75, 3.05) is 20.1 Å². The number of urea groups is 1. The second-order valence-electron chi connectivity index (χ2n) is 5.99. The fourth-order valence-electron chi connectivity index (χ4n) is 2.45. The molecule has 1 heterocycles. The van der Waals surface area contributed by atoms with Gasteiger partial charge < -0.3 is 14.9 Å². The van der Waals surface area contributed by atoms with Gasteiger partial charge in [0, 0.05) is 26.2 Å². The van der Waals surface area contributed by atoms with Gasteiger partial charge in [-0.25, -0.2) is 4.79 Å². The highest BCUT2D eigenvalue weighted by atomic mass is 16.4. The lowest BCUT2D eigenvalue weighted by molar-refractivity contribution is -0.143. The van der Waals surface area contributed by atoms with Crippen LogP contribution in [-0.2, 0) is 4.79 Å². The topological polar surface area (TPSA) is 60.9 Å². The van der Waals surface area contributed by atoms with Crippen LogP contribution in [0.25, 0.3) is 0 Å². The quantitative estimate of drug-likeness (QED) is 0.852. The molecule has 5 nitrogen and oxygen atoms in total. The molecule has 1 N–H and O–H groups in total. The largest absolute Gasteiger partial charge is 0.481 e. The Morgan fingerprint density at radius 2 is 2.05 bits per heavy atom. The van der Waals surface area contributed by atoms with Crippen LogP contribution in [0.2, 0.25) is 0 Å². The van der Waals surface area contributed by atoms with Crippen LogP contribution in [-0.4, -0.2) is 53.1 Å². The van der Waals surface area contributed by atoms with Crippen molar-refractivity contribution >= 4 is 12.0 Å². The summed E-state index contributed by atoms with van der Waals surface area (Å²) in [5.41, 5.74) is 0. The zero-order valence-electron chi connectivity index (χ0n) is 12.4. The first-order valence-corrected chi connectivity index (χ1v) is 7.07. The molecule has 0 aromatic heterocycles. The number of amides is 2. The zero-order chi connectivity index (χ0) is 14.6. The van der Waals surface area contributed by atoms with E-state index in [1.807, 2.05) is 14.0 Å². The molecule has 1 fully saturated rings. The Morgan fingerprint density at radius 3 is 2.53 bits per heavy atom. The first-order chi connectivity index (χ1) is 8.82. The number of rotatable bonds is 4. The van der Waals surface area contributed by atoms with Crippen molar-refractivity contribution in [1.29, 1.82) is 0 Å². The van der Waals surface area contributed by atoms with E-state index >= 15 is 0 Å². The van der Waals surface area contributed by atoms with Gasteiger partial charge in [0.15, 0.2) is 0 Å². The number of likely N-dealkylation sites (tertiary alicyclic amines) is 1. The van der Waals surface area contributed by atoms with Crippen LogP contribution in [0.4, 0.5) is 4.79 Å². The van der Waals surface area contributed by atoms with E-state index in [4.69, 9.17) is 5.11 Å². The maximum absolute atomic E-state index is 12.3. The first-order valence-electron chi connectivity index (χ1n) is 7.07. The molecule has 0 bridgehead atoms. The van der Waals surface area contributed by atoms with E-state index in [9.17, 15) is 9.59 Å². The monoisotopic (exact) mass is 270 g/mol. The van der Waals surface area contributed by atoms with Crippen LogP contribution in [0.15, 0.2) is 0 Å². The minimum Gasteiger partial charge on any atom is -0.481 e. The van der Waals surface area contributed by atoms with Crippen LogP contribution in [0, 0.1) is 11.8 Å². The number of aliphatic carboxylic acids is 1. The summed E-state index contributed by atoms with van der Waals surface area (Å²) in [4.78, 5) is 26.8. The van der Waals surface area contributed by atoms with Gasteiger partial charge >= 0.3 is 12.0 Å². The van der Waals surface area contributed by atoms with Crippen molar-refractivity contribution in [3.05, 3.63) is 0 Å². The van der Waals surface area contributed by atoms with E-state index in [-0.39, 0.29) is 18.0 Å². The average Bonchev–Trinajstić information content (AvgIpc) is 2.34. The maximum atomic E-state index is 12.3. The number of carboxylic acids is 1. The predicted octanol–water partition coefficient (Wildman–Crippen LogP) is 2.27. The van der Waals surface area contributed by atoms with Crippen molar-refractivity contribution in [3.8, 4) is 0 Å². The smallest absolute Gasteiger partial charge is 0.319 e. The van der Waals surface area contributed by atoms with Crippen LogP contribution < -0.4 is 0 Å². The molecule has 5 heteroatoms. The third kappa shape index (κ3) is 4.40. The Kier molecular flexibility index (Phi) is 5.63. The van der Waals surface area contributed by atoms with Gasteiger partial charge in [0.05, 0.1) is 5.92 Å². The average molecular weight is 270 g/mol. The van der Waals surface area contributed by atoms with Crippen molar-refractivity contribution < 1.29 is 14.7 Å². The van der Waals surface area contributed by atoms with Gasteiger partial charge in [-0.05, 0) is 32.1 Å². The van der Waals surface area contributed by atoms with Gasteiger partial charge in [0.25, 0.3) is 0 Å². The fraction of sp³-hybridized carbons (Fsp3) is 0.857. The minimum atomic E-state index is -0.743. The van der Waals surface area contributed by atoms with E-state index in [1.165, 1.54) is 0 Å². The third-order valence-electron chi connectivity index (χ3n) is 3.84. The van der Waals surface area contributed by atoms with Crippen molar-refractivity contribution in [1.82, 2.24) is 9.80 Å². The predicted molar refractivity (Wildman–Crippen MR) is 74.0 cm³/mol. The summed E-state index contributed by atoms with van der Waals surface area (Å²) in [6.45, 7) is 7.51. The molecule has 0 saturated carbocycles. The van der Waals surface area contributed by atoms with E-state index in [0.29, 0.717) is 25.3 Å². The van der Waals surface area contributed by atoms with Gasteiger partial charge in [-0.1, -0.05) is 13.8 Å². The molecular weight excluding hydrogens is 244 g/mol. The number of carboxylic acid groups (broad SMARTS) is 1. The summed E-state index contributed by atoms with van der Waals surface area (Å²) in [5, 5.41) is 9.02. The number of hydrogen-bond donors (Lipinski definition) is 1. The van der Waals surface area contributed by atoms with Gasteiger partial charge in [-0.2, -0.15) is 0 Å².